The molecule has 30 heavy (non-hydrogen) atoms. The van der Waals surface area contributed by atoms with Gasteiger partial charge in [-0.3, -0.25) is 9.69 Å². The van der Waals surface area contributed by atoms with Crippen LogP contribution in [0.4, 0.5) is 4.79 Å². The summed E-state index contributed by atoms with van der Waals surface area (Å²) >= 11 is 0. The zero-order valence-electron chi connectivity index (χ0n) is 17.3. The summed E-state index contributed by atoms with van der Waals surface area (Å²) in [5.74, 6) is -0.538. The van der Waals surface area contributed by atoms with Crippen LogP contribution < -0.4 is 5.32 Å². The minimum atomic E-state index is -0.805. The summed E-state index contributed by atoms with van der Waals surface area (Å²) < 4.78 is 6.89. The first-order valence-electron chi connectivity index (χ1n) is 10.3. The van der Waals surface area contributed by atoms with Crippen molar-refractivity contribution in [3.8, 4) is 0 Å². The normalized spacial score (nSPS) is 19.2. The molecule has 0 bridgehead atoms. The van der Waals surface area contributed by atoms with E-state index >= 15 is 0 Å². The molecule has 1 atom stereocenters. The molecule has 9 nitrogen and oxygen atoms in total. The molecule has 0 saturated heterocycles. The minimum Gasteiger partial charge on any atom is -0.461 e. The second-order valence-corrected chi connectivity index (χ2v) is 7.62. The molecule has 1 aliphatic heterocycles. The van der Waals surface area contributed by atoms with Gasteiger partial charge in [-0.05, 0) is 31.7 Å². The number of Topliss-reactive ketones (excluding diaryl/α,β-unsaturated/α-hetero) is 1. The predicted molar refractivity (Wildman–Crippen MR) is 108 cm³/mol. The highest BCUT2D eigenvalue weighted by molar-refractivity contribution is 6.08. The van der Waals surface area contributed by atoms with Crippen LogP contribution in [0, 0.1) is 5.92 Å². The maximum Gasteiger partial charge on any atom is 0.355 e. The quantitative estimate of drug-likeness (QED) is 0.701. The summed E-state index contributed by atoms with van der Waals surface area (Å²) in [4.78, 5) is 40.5. The van der Waals surface area contributed by atoms with Crippen molar-refractivity contribution < 1.29 is 19.1 Å². The molecule has 0 radical (unpaired) electrons. The molecule has 1 N–H and O–H groups in total. The SMILES string of the molecule is CCOC(=O)C1=C(C(=O)CC)C(c2cccc3c2nnn3C)NC(=O)N1CC1CC1. The molecule has 2 amide bonds. The summed E-state index contributed by atoms with van der Waals surface area (Å²) in [6.45, 7) is 3.98. The average Bonchev–Trinajstić information content (AvgIpc) is 3.48. The number of carbonyl (C=O) groups is 3. The fourth-order valence-electron chi connectivity index (χ4n) is 3.84. The van der Waals surface area contributed by atoms with E-state index < -0.39 is 18.0 Å². The molecule has 1 saturated carbocycles. The zero-order valence-corrected chi connectivity index (χ0v) is 17.3. The smallest absolute Gasteiger partial charge is 0.355 e. The molecular formula is C21H25N5O4. The summed E-state index contributed by atoms with van der Waals surface area (Å²) in [6.07, 6.45) is 2.19. The van der Waals surface area contributed by atoms with Gasteiger partial charge >= 0.3 is 12.0 Å². The average molecular weight is 411 g/mol. The molecule has 9 heteroatoms. The molecule has 2 aromatic rings. The Hall–Kier alpha value is -3.23. The van der Waals surface area contributed by atoms with E-state index in [1.165, 1.54) is 4.90 Å². The Balaban J connectivity index is 1.92. The van der Waals surface area contributed by atoms with E-state index in [-0.39, 0.29) is 30.1 Å². The van der Waals surface area contributed by atoms with Crippen LogP contribution in [-0.2, 0) is 21.4 Å². The Morgan fingerprint density at radius 3 is 2.70 bits per heavy atom. The fourth-order valence-corrected chi connectivity index (χ4v) is 3.84. The van der Waals surface area contributed by atoms with Gasteiger partial charge in [0.1, 0.15) is 11.2 Å². The number of aromatic nitrogens is 3. The first-order valence-corrected chi connectivity index (χ1v) is 10.3. The number of amides is 2. The molecular weight excluding hydrogens is 386 g/mol. The highest BCUT2D eigenvalue weighted by Gasteiger charge is 2.43. The van der Waals surface area contributed by atoms with E-state index in [0.29, 0.717) is 23.5 Å². The standard InChI is InChI=1S/C21H25N5O4/c1-4-15(27)16-18(13-7-6-8-14-17(13)23-24-25(14)3)22-21(29)26(11-12-9-10-12)19(16)20(28)30-5-2/h6-8,12,18H,4-5,9-11H2,1-3H3,(H,22,29). The minimum absolute atomic E-state index is 0.0465. The van der Waals surface area contributed by atoms with E-state index in [0.717, 1.165) is 18.4 Å². The number of hydrogen-bond acceptors (Lipinski definition) is 6. The molecule has 158 valence electrons. The number of rotatable bonds is 7. The van der Waals surface area contributed by atoms with E-state index in [9.17, 15) is 14.4 Å². The topological polar surface area (TPSA) is 106 Å². The Bertz CT molecular complexity index is 1050. The highest BCUT2D eigenvalue weighted by atomic mass is 16.5. The number of carbonyl (C=O) groups excluding carboxylic acids is 3. The van der Waals surface area contributed by atoms with Crippen LogP contribution in [0.2, 0.25) is 0 Å². The van der Waals surface area contributed by atoms with Crippen LogP contribution in [0.5, 0.6) is 0 Å². The third-order valence-electron chi connectivity index (χ3n) is 5.54. The fraction of sp³-hybridized carbons (Fsp3) is 0.476. The van der Waals surface area contributed by atoms with Gasteiger partial charge in [0.05, 0.1) is 23.7 Å². The molecule has 1 unspecified atom stereocenters. The third-order valence-corrected chi connectivity index (χ3v) is 5.54. The van der Waals surface area contributed by atoms with Crippen molar-refractivity contribution in [3.05, 3.63) is 35.0 Å². The van der Waals surface area contributed by atoms with Crippen molar-refractivity contribution in [1.82, 2.24) is 25.2 Å². The molecule has 2 heterocycles. The molecule has 0 spiro atoms. The lowest BCUT2D eigenvalue weighted by atomic mass is 9.89. The van der Waals surface area contributed by atoms with Gasteiger partial charge in [0.15, 0.2) is 5.78 Å². The number of benzene rings is 1. The molecule has 4 rings (SSSR count). The van der Waals surface area contributed by atoms with Crippen molar-refractivity contribution in [1.29, 1.82) is 0 Å². The molecule has 1 aliphatic carbocycles. The Morgan fingerprint density at radius 1 is 1.27 bits per heavy atom. The van der Waals surface area contributed by atoms with Gasteiger partial charge in [-0.2, -0.15) is 0 Å². The van der Waals surface area contributed by atoms with Gasteiger partial charge in [-0.1, -0.05) is 24.3 Å². The van der Waals surface area contributed by atoms with Crippen LogP contribution in [0.25, 0.3) is 11.0 Å². The van der Waals surface area contributed by atoms with Gasteiger partial charge in [0, 0.05) is 25.6 Å². The molecule has 1 aromatic carbocycles. The lowest BCUT2D eigenvalue weighted by molar-refractivity contribution is -0.140. The Kier molecular flexibility index (Phi) is 5.27. The first kappa shape index (κ1) is 20.1. The second-order valence-electron chi connectivity index (χ2n) is 7.62. The maximum atomic E-state index is 13.1. The summed E-state index contributed by atoms with van der Waals surface area (Å²) in [6, 6.07) is 4.26. The molecule has 1 aromatic heterocycles. The Morgan fingerprint density at radius 2 is 2.03 bits per heavy atom. The van der Waals surface area contributed by atoms with Crippen LogP contribution in [-0.4, -0.2) is 50.8 Å². The number of hydrogen-bond donors (Lipinski definition) is 1. The number of esters is 1. The van der Waals surface area contributed by atoms with E-state index in [4.69, 9.17) is 4.74 Å². The number of ether oxygens (including phenoxy) is 1. The highest BCUT2D eigenvalue weighted by Crippen LogP contribution is 2.38. The van der Waals surface area contributed by atoms with Crippen LogP contribution in [0.3, 0.4) is 0 Å². The van der Waals surface area contributed by atoms with Crippen LogP contribution in [0.15, 0.2) is 29.5 Å². The predicted octanol–water partition coefficient (Wildman–Crippen LogP) is 2.24. The number of nitrogens with one attached hydrogen (secondary N) is 1. The summed E-state index contributed by atoms with van der Waals surface area (Å²) in [5.41, 5.74) is 2.26. The van der Waals surface area contributed by atoms with E-state index in [1.54, 1.807) is 31.6 Å². The summed E-state index contributed by atoms with van der Waals surface area (Å²) in [7, 11) is 1.77. The number of aryl methyl sites for hydroxylation is 1. The zero-order chi connectivity index (χ0) is 21.4. The van der Waals surface area contributed by atoms with Gasteiger partial charge in [0.25, 0.3) is 0 Å². The second kappa shape index (κ2) is 7.89. The number of urea groups is 1. The molecule has 2 aliphatic rings. The van der Waals surface area contributed by atoms with Crippen molar-refractivity contribution >= 4 is 28.8 Å². The monoisotopic (exact) mass is 411 g/mol. The van der Waals surface area contributed by atoms with Crippen molar-refractivity contribution in [2.45, 2.75) is 39.2 Å². The van der Waals surface area contributed by atoms with Crippen LogP contribution in [0.1, 0.15) is 44.7 Å². The maximum absolute atomic E-state index is 13.1. The van der Waals surface area contributed by atoms with Gasteiger partial charge in [0.2, 0.25) is 0 Å². The number of fused-ring (bicyclic) bond motifs is 1. The van der Waals surface area contributed by atoms with Crippen LogP contribution >= 0.6 is 0 Å². The third kappa shape index (κ3) is 3.44. The van der Waals surface area contributed by atoms with Gasteiger partial charge in [-0.25, -0.2) is 14.3 Å². The lowest BCUT2D eigenvalue weighted by Gasteiger charge is -2.36. The lowest BCUT2D eigenvalue weighted by Crippen LogP contribution is -2.51. The van der Waals surface area contributed by atoms with Gasteiger partial charge < -0.3 is 10.1 Å². The van der Waals surface area contributed by atoms with E-state index in [1.807, 2.05) is 12.1 Å². The summed E-state index contributed by atoms with van der Waals surface area (Å²) in [5, 5.41) is 11.2. The number of nitrogens with zero attached hydrogens (tertiary/aromatic N) is 4. The van der Waals surface area contributed by atoms with Gasteiger partial charge in [-0.15, -0.1) is 5.10 Å². The Labute approximate surface area is 174 Å². The molecule has 1 fully saturated rings. The van der Waals surface area contributed by atoms with E-state index in [2.05, 4.69) is 15.6 Å². The van der Waals surface area contributed by atoms with Crippen molar-refractivity contribution in [2.24, 2.45) is 13.0 Å². The van der Waals surface area contributed by atoms with Crippen molar-refractivity contribution in [3.63, 3.8) is 0 Å². The first-order chi connectivity index (χ1) is 14.5. The van der Waals surface area contributed by atoms with Crippen molar-refractivity contribution in [2.75, 3.05) is 13.2 Å². The largest absolute Gasteiger partial charge is 0.461 e. The number of ketones is 1.